The molecule has 1 aliphatic rings. The number of hydrogen-bond acceptors (Lipinski definition) is 3. The molecule has 1 N–H and O–H groups in total. The van der Waals surface area contributed by atoms with Crippen LogP contribution in [0, 0.1) is 0 Å². The molecule has 0 spiro atoms. The van der Waals surface area contributed by atoms with Crippen molar-refractivity contribution in [2.75, 3.05) is 7.05 Å². The lowest BCUT2D eigenvalue weighted by molar-refractivity contribution is -0.274. The molecule has 0 aromatic heterocycles. The topological polar surface area (TPSA) is 24.5 Å². The van der Waals surface area contributed by atoms with Crippen molar-refractivity contribution in [3.05, 3.63) is 52.5 Å². The van der Waals surface area contributed by atoms with E-state index in [1.807, 2.05) is 19.0 Å². The minimum atomic E-state index is -4.75. The smallest absolute Gasteiger partial charge is 0.405 e. The first kappa shape index (κ1) is 18.0. The maximum Gasteiger partial charge on any atom is 0.573 e. The average molecular weight is 371 g/mol. The maximum atomic E-state index is 12.9. The van der Waals surface area contributed by atoms with E-state index in [1.54, 1.807) is 30.3 Å². The summed E-state index contributed by atoms with van der Waals surface area (Å²) in [5, 5.41) is 2.40. The number of hydrogen-bond donors (Lipinski definition) is 1. The Hall–Kier alpha value is -1.76. The third kappa shape index (κ3) is 4.45. The zero-order valence-corrected chi connectivity index (χ0v) is 14.6. The molecule has 2 aromatic carbocycles. The Labute approximate surface area is 149 Å². The predicted molar refractivity (Wildman–Crippen MR) is 91.3 cm³/mol. The van der Waals surface area contributed by atoms with Gasteiger partial charge in [0, 0.05) is 30.2 Å². The molecule has 134 valence electrons. The molecule has 3 rings (SSSR count). The van der Waals surface area contributed by atoms with Crippen LogP contribution in [-0.4, -0.2) is 24.5 Å². The van der Waals surface area contributed by atoms with E-state index in [4.69, 9.17) is 11.6 Å². The van der Waals surface area contributed by atoms with Crippen LogP contribution >= 0.6 is 11.6 Å². The molecule has 1 unspecified atom stereocenters. The Kier molecular flexibility index (Phi) is 4.95. The summed E-state index contributed by atoms with van der Waals surface area (Å²) >= 11 is 5.89. The van der Waals surface area contributed by atoms with Gasteiger partial charge >= 0.3 is 6.36 Å². The maximum absolute atomic E-state index is 12.9. The lowest BCUT2D eigenvalue weighted by atomic mass is 9.95. The second-order valence-electron chi connectivity index (χ2n) is 6.26. The number of halogens is 4. The van der Waals surface area contributed by atoms with Crippen LogP contribution in [0.5, 0.6) is 5.75 Å². The molecular weight excluding hydrogens is 353 g/mol. The van der Waals surface area contributed by atoms with E-state index in [9.17, 15) is 13.2 Å². The largest absolute Gasteiger partial charge is 0.573 e. The number of nitrogens with zero attached hydrogens (tertiary/aromatic N) is 1. The van der Waals surface area contributed by atoms with Crippen LogP contribution in [0.4, 0.5) is 13.2 Å². The van der Waals surface area contributed by atoms with Crippen molar-refractivity contribution in [1.29, 1.82) is 0 Å². The molecule has 0 fully saturated rings. The van der Waals surface area contributed by atoms with Gasteiger partial charge in [0.2, 0.25) is 0 Å². The standard InChI is InChI=1S/C18H18ClF3N2O/c1-11-7-13-8-16(12-3-5-15(19)6-4-12)17(25-18(20,21)22)9-14(13)10-24(2)23-11/h3-6,8-9,11,23H,7,10H2,1-2H3. The molecule has 25 heavy (non-hydrogen) atoms. The summed E-state index contributed by atoms with van der Waals surface area (Å²) in [4.78, 5) is 0. The fourth-order valence-electron chi connectivity index (χ4n) is 3.12. The third-order valence-corrected chi connectivity index (χ3v) is 4.31. The summed E-state index contributed by atoms with van der Waals surface area (Å²) in [6, 6.07) is 10.1. The van der Waals surface area contributed by atoms with E-state index in [1.165, 1.54) is 6.07 Å². The van der Waals surface area contributed by atoms with Crippen LogP contribution in [0.1, 0.15) is 18.1 Å². The Morgan fingerprint density at radius 2 is 1.84 bits per heavy atom. The Bertz CT molecular complexity index is 762. The van der Waals surface area contributed by atoms with Crippen molar-refractivity contribution in [3.8, 4) is 16.9 Å². The van der Waals surface area contributed by atoms with Crippen molar-refractivity contribution in [2.24, 2.45) is 0 Å². The summed E-state index contributed by atoms with van der Waals surface area (Å²) in [7, 11) is 1.86. The van der Waals surface area contributed by atoms with Gasteiger partial charge in [0.15, 0.2) is 0 Å². The molecule has 2 aromatic rings. The number of rotatable bonds is 2. The van der Waals surface area contributed by atoms with Gasteiger partial charge in [0.25, 0.3) is 0 Å². The number of fused-ring (bicyclic) bond motifs is 1. The highest BCUT2D eigenvalue weighted by Crippen LogP contribution is 2.37. The van der Waals surface area contributed by atoms with Crippen LogP contribution < -0.4 is 10.2 Å². The van der Waals surface area contributed by atoms with Crippen molar-refractivity contribution >= 4 is 11.6 Å². The Morgan fingerprint density at radius 1 is 1.16 bits per heavy atom. The summed E-state index contributed by atoms with van der Waals surface area (Å²) in [6.45, 7) is 2.53. The first-order valence-corrected chi connectivity index (χ1v) is 8.24. The van der Waals surface area contributed by atoms with E-state index >= 15 is 0 Å². The normalized spacial score (nSPS) is 18.6. The number of hydrazine groups is 1. The Balaban J connectivity index is 2.12. The van der Waals surface area contributed by atoms with Gasteiger partial charge < -0.3 is 4.74 Å². The summed E-state index contributed by atoms with van der Waals surface area (Å²) < 4.78 is 43.0. The van der Waals surface area contributed by atoms with E-state index in [0.717, 1.165) is 11.1 Å². The number of nitrogens with one attached hydrogen (secondary N) is 1. The van der Waals surface area contributed by atoms with Crippen LogP contribution in [0.3, 0.4) is 0 Å². The molecule has 1 atom stereocenters. The van der Waals surface area contributed by atoms with Crippen LogP contribution in [-0.2, 0) is 13.0 Å². The second-order valence-corrected chi connectivity index (χ2v) is 6.70. The van der Waals surface area contributed by atoms with E-state index < -0.39 is 6.36 Å². The monoisotopic (exact) mass is 370 g/mol. The van der Waals surface area contributed by atoms with Gasteiger partial charge in [0.05, 0.1) is 0 Å². The highest BCUT2D eigenvalue weighted by atomic mass is 35.5. The van der Waals surface area contributed by atoms with E-state index in [-0.39, 0.29) is 11.8 Å². The van der Waals surface area contributed by atoms with Gasteiger partial charge in [-0.25, -0.2) is 5.01 Å². The third-order valence-electron chi connectivity index (χ3n) is 4.06. The predicted octanol–water partition coefficient (Wildman–Crippen LogP) is 4.79. The quantitative estimate of drug-likeness (QED) is 0.822. The zero-order chi connectivity index (χ0) is 18.2. The molecular formula is C18H18ClF3N2O. The highest BCUT2D eigenvalue weighted by molar-refractivity contribution is 6.30. The van der Waals surface area contributed by atoms with Gasteiger partial charge in [-0.05, 0) is 54.3 Å². The zero-order valence-electron chi connectivity index (χ0n) is 13.8. The van der Waals surface area contributed by atoms with Crippen molar-refractivity contribution in [3.63, 3.8) is 0 Å². The van der Waals surface area contributed by atoms with Crippen LogP contribution in [0.25, 0.3) is 11.1 Å². The highest BCUT2D eigenvalue weighted by Gasteiger charge is 2.33. The lowest BCUT2D eigenvalue weighted by Crippen LogP contribution is -2.39. The van der Waals surface area contributed by atoms with Crippen molar-refractivity contribution in [1.82, 2.24) is 10.4 Å². The SMILES string of the molecule is CC1Cc2cc(-c3ccc(Cl)cc3)c(OC(F)(F)F)cc2CN(C)N1. The second kappa shape index (κ2) is 6.86. The first-order chi connectivity index (χ1) is 11.7. The minimum Gasteiger partial charge on any atom is -0.405 e. The molecule has 0 amide bonds. The first-order valence-electron chi connectivity index (χ1n) is 7.86. The van der Waals surface area contributed by atoms with Crippen LogP contribution in [0.15, 0.2) is 36.4 Å². The molecule has 1 aliphatic heterocycles. The van der Waals surface area contributed by atoms with E-state index in [2.05, 4.69) is 10.2 Å². The van der Waals surface area contributed by atoms with Gasteiger partial charge in [-0.1, -0.05) is 23.7 Å². The number of benzene rings is 2. The van der Waals surface area contributed by atoms with Crippen LogP contribution in [0.2, 0.25) is 5.02 Å². The fraction of sp³-hybridized carbons (Fsp3) is 0.333. The number of ether oxygens (including phenoxy) is 1. The Morgan fingerprint density at radius 3 is 2.48 bits per heavy atom. The van der Waals surface area contributed by atoms with Gasteiger partial charge in [-0.2, -0.15) is 0 Å². The molecule has 1 heterocycles. The summed E-state index contributed by atoms with van der Waals surface area (Å²) in [5.74, 6) is -0.198. The molecule has 7 heteroatoms. The number of alkyl halides is 3. The van der Waals surface area contributed by atoms with Gasteiger partial charge in [-0.3, -0.25) is 5.43 Å². The van der Waals surface area contributed by atoms with Crippen molar-refractivity contribution < 1.29 is 17.9 Å². The molecule has 0 aliphatic carbocycles. The van der Waals surface area contributed by atoms with Gasteiger partial charge in [-0.15, -0.1) is 13.2 Å². The molecule has 0 saturated heterocycles. The molecule has 0 saturated carbocycles. The molecule has 0 radical (unpaired) electrons. The molecule has 3 nitrogen and oxygen atoms in total. The van der Waals surface area contributed by atoms with Crippen molar-refractivity contribution in [2.45, 2.75) is 32.3 Å². The average Bonchev–Trinajstić information content (AvgIpc) is 2.62. The lowest BCUT2D eigenvalue weighted by Gasteiger charge is -2.19. The van der Waals surface area contributed by atoms with E-state index in [0.29, 0.717) is 29.1 Å². The minimum absolute atomic E-state index is 0.179. The summed E-state index contributed by atoms with van der Waals surface area (Å²) in [6.07, 6.45) is -4.04. The van der Waals surface area contributed by atoms with Gasteiger partial charge in [0.1, 0.15) is 5.75 Å². The fourth-order valence-corrected chi connectivity index (χ4v) is 3.25. The summed E-state index contributed by atoms with van der Waals surface area (Å²) in [5.41, 5.74) is 6.13. The molecule has 0 bridgehead atoms.